The molecule has 0 aliphatic carbocycles. The van der Waals surface area contributed by atoms with E-state index in [-0.39, 0.29) is 5.95 Å². The average molecular weight is 203 g/mol. The number of rotatable bonds is 0. The zero-order chi connectivity index (χ0) is 10.3. The Morgan fingerprint density at radius 1 is 1.20 bits per heavy atom. The first-order valence-electron chi connectivity index (χ1n) is 4.65. The predicted molar refractivity (Wildman–Crippen MR) is 54.9 cm³/mol. The molecule has 5 nitrogen and oxygen atoms in total. The summed E-state index contributed by atoms with van der Waals surface area (Å²) in [6.45, 7) is 1.11. The van der Waals surface area contributed by atoms with Crippen LogP contribution in [-0.2, 0) is 0 Å². The number of ether oxygens (including phenoxy) is 2. The summed E-state index contributed by atoms with van der Waals surface area (Å²) in [4.78, 5) is 8.08. The zero-order valence-corrected chi connectivity index (χ0v) is 7.93. The summed E-state index contributed by atoms with van der Waals surface area (Å²) in [7, 11) is 0. The number of hydrogen-bond donors (Lipinski definition) is 1. The minimum atomic E-state index is 0.241. The summed E-state index contributed by atoms with van der Waals surface area (Å²) < 4.78 is 11.0. The number of nitrogen functional groups attached to an aromatic ring is 1. The van der Waals surface area contributed by atoms with Crippen molar-refractivity contribution < 1.29 is 9.47 Å². The minimum Gasteiger partial charge on any atom is -0.486 e. The number of hydrogen-bond acceptors (Lipinski definition) is 5. The van der Waals surface area contributed by atoms with Crippen LogP contribution in [-0.4, -0.2) is 23.2 Å². The highest BCUT2D eigenvalue weighted by Crippen LogP contribution is 2.36. The van der Waals surface area contributed by atoms with Crippen molar-refractivity contribution in [2.75, 3.05) is 18.9 Å². The number of aromatic nitrogens is 2. The lowest BCUT2D eigenvalue weighted by atomic mass is 10.2. The predicted octanol–water partition coefficient (Wildman–Crippen LogP) is 0.983. The number of fused-ring (bicyclic) bond motifs is 3. The SMILES string of the molecule is Nc1ncc2ccc3c(c2n1)OCCO3. The number of nitrogens with zero attached hydrogens (tertiary/aromatic N) is 2. The van der Waals surface area contributed by atoms with Gasteiger partial charge in [-0.05, 0) is 12.1 Å². The van der Waals surface area contributed by atoms with Crippen LogP contribution in [0.1, 0.15) is 0 Å². The van der Waals surface area contributed by atoms with Gasteiger partial charge >= 0.3 is 0 Å². The second-order valence-electron chi connectivity index (χ2n) is 3.26. The van der Waals surface area contributed by atoms with Crippen LogP contribution in [0.4, 0.5) is 5.95 Å². The first-order valence-corrected chi connectivity index (χ1v) is 4.65. The van der Waals surface area contributed by atoms with Gasteiger partial charge in [-0.25, -0.2) is 9.97 Å². The van der Waals surface area contributed by atoms with E-state index in [4.69, 9.17) is 15.2 Å². The molecule has 0 unspecified atom stereocenters. The van der Waals surface area contributed by atoms with Crippen LogP contribution in [0.25, 0.3) is 10.9 Å². The van der Waals surface area contributed by atoms with E-state index in [2.05, 4.69) is 9.97 Å². The second kappa shape index (κ2) is 2.98. The Morgan fingerprint density at radius 3 is 3.00 bits per heavy atom. The number of nitrogens with two attached hydrogens (primary N) is 1. The van der Waals surface area contributed by atoms with E-state index in [1.807, 2.05) is 12.1 Å². The van der Waals surface area contributed by atoms with E-state index in [0.717, 1.165) is 5.39 Å². The lowest BCUT2D eigenvalue weighted by Gasteiger charge is -2.19. The fourth-order valence-electron chi connectivity index (χ4n) is 1.61. The van der Waals surface area contributed by atoms with Crippen LogP contribution in [0.5, 0.6) is 11.5 Å². The zero-order valence-electron chi connectivity index (χ0n) is 7.93. The number of anilines is 1. The van der Waals surface area contributed by atoms with Crippen molar-refractivity contribution >= 4 is 16.9 Å². The third-order valence-corrected chi connectivity index (χ3v) is 2.28. The standard InChI is InChI=1S/C10H9N3O2/c11-10-12-5-6-1-2-7-9(8(6)13-10)15-4-3-14-7/h1-2,5H,3-4H2,(H2,11,12,13). The Bertz CT molecular complexity index is 527. The second-order valence-corrected chi connectivity index (χ2v) is 3.26. The van der Waals surface area contributed by atoms with Gasteiger partial charge in [-0.2, -0.15) is 0 Å². The smallest absolute Gasteiger partial charge is 0.220 e. The normalized spacial score (nSPS) is 14.1. The van der Waals surface area contributed by atoms with Gasteiger partial charge in [0.15, 0.2) is 11.5 Å². The summed E-state index contributed by atoms with van der Waals surface area (Å²) in [5.41, 5.74) is 6.25. The van der Waals surface area contributed by atoms with Crippen molar-refractivity contribution in [3.8, 4) is 11.5 Å². The van der Waals surface area contributed by atoms with Gasteiger partial charge < -0.3 is 15.2 Å². The molecule has 1 aromatic carbocycles. The minimum absolute atomic E-state index is 0.241. The molecule has 0 atom stereocenters. The molecule has 0 radical (unpaired) electrons. The summed E-state index contributed by atoms with van der Waals surface area (Å²) >= 11 is 0. The highest BCUT2D eigenvalue weighted by atomic mass is 16.6. The van der Waals surface area contributed by atoms with Gasteiger partial charge in [0.25, 0.3) is 0 Å². The molecule has 2 N–H and O–H groups in total. The summed E-state index contributed by atoms with van der Waals surface area (Å²) in [6.07, 6.45) is 1.68. The lowest BCUT2D eigenvalue weighted by Crippen LogP contribution is -2.15. The maximum atomic E-state index is 5.54. The molecule has 2 aromatic rings. The Labute approximate surface area is 85.8 Å². The van der Waals surface area contributed by atoms with Crippen LogP contribution in [0.2, 0.25) is 0 Å². The highest BCUT2D eigenvalue weighted by molar-refractivity contribution is 5.87. The highest BCUT2D eigenvalue weighted by Gasteiger charge is 2.16. The molecule has 3 rings (SSSR count). The van der Waals surface area contributed by atoms with Gasteiger partial charge in [0.1, 0.15) is 18.7 Å². The Balaban J connectivity index is 2.34. The Kier molecular flexibility index (Phi) is 1.65. The molecule has 1 aliphatic rings. The molecule has 15 heavy (non-hydrogen) atoms. The van der Waals surface area contributed by atoms with E-state index in [1.165, 1.54) is 0 Å². The third kappa shape index (κ3) is 1.24. The average Bonchev–Trinajstić information content (AvgIpc) is 2.29. The van der Waals surface area contributed by atoms with Gasteiger partial charge in [0.05, 0.1) is 0 Å². The van der Waals surface area contributed by atoms with Crippen LogP contribution < -0.4 is 15.2 Å². The Morgan fingerprint density at radius 2 is 2.07 bits per heavy atom. The van der Waals surface area contributed by atoms with Crippen molar-refractivity contribution in [2.24, 2.45) is 0 Å². The van der Waals surface area contributed by atoms with Crippen LogP contribution in [0.15, 0.2) is 18.3 Å². The van der Waals surface area contributed by atoms with Crippen molar-refractivity contribution in [1.29, 1.82) is 0 Å². The molecular weight excluding hydrogens is 194 g/mol. The molecule has 2 heterocycles. The van der Waals surface area contributed by atoms with Gasteiger partial charge in [-0.15, -0.1) is 0 Å². The molecule has 1 aliphatic heterocycles. The van der Waals surface area contributed by atoms with Crippen LogP contribution in [0, 0.1) is 0 Å². The van der Waals surface area contributed by atoms with Crippen molar-refractivity contribution in [1.82, 2.24) is 9.97 Å². The molecule has 0 spiro atoms. The lowest BCUT2D eigenvalue weighted by molar-refractivity contribution is 0.173. The first kappa shape index (κ1) is 8.28. The van der Waals surface area contributed by atoms with Gasteiger partial charge in [0, 0.05) is 11.6 Å². The molecule has 76 valence electrons. The van der Waals surface area contributed by atoms with Crippen molar-refractivity contribution in [3.05, 3.63) is 18.3 Å². The molecule has 1 aromatic heterocycles. The van der Waals surface area contributed by atoms with Gasteiger partial charge in [-0.3, -0.25) is 0 Å². The quantitative estimate of drug-likeness (QED) is 0.691. The summed E-state index contributed by atoms with van der Waals surface area (Å²) in [6, 6.07) is 3.75. The van der Waals surface area contributed by atoms with Crippen molar-refractivity contribution in [3.63, 3.8) is 0 Å². The van der Waals surface area contributed by atoms with Gasteiger partial charge in [-0.1, -0.05) is 0 Å². The summed E-state index contributed by atoms with van der Waals surface area (Å²) in [5.74, 6) is 1.62. The van der Waals surface area contributed by atoms with Gasteiger partial charge in [0.2, 0.25) is 5.95 Å². The van der Waals surface area contributed by atoms with Crippen LogP contribution in [0.3, 0.4) is 0 Å². The van der Waals surface area contributed by atoms with E-state index < -0.39 is 0 Å². The largest absolute Gasteiger partial charge is 0.486 e. The van der Waals surface area contributed by atoms with E-state index in [1.54, 1.807) is 6.20 Å². The molecule has 5 heteroatoms. The van der Waals surface area contributed by atoms with Crippen molar-refractivity contribution in [2.45, 2.75) is 0 Å². The third-order valence-electron chi connectivity index (χ3n) is 2.28. The maximum Gasteiger partial charge on any atom is 0.220 e. The summed E-state index contributed by atoms with van der Waals surface area (Å²) in [5, 5.41) is 0.897. The molecule has 0 amide bonds. The Hall–Kier alpha value is -2.04. The molecule has 0 bridgehead atoms. The molecular formula is C10H9N3O2. The number of benzene rings is 1. The maximum absolute atomic E-state index is 5.54. The fourth-order valence-corrected chi connectivity index (χ4v) is 1.61. The fraction of sp³-hybridized carbons (Fsp3) is 0.200. The van der Waals surface area contributed by atoms with E-state index >= 15 is 0 Å². The monoisotopic (exact) mass is 203 g/mol. The first-order chi connectivity index (χ1) is 7.34. The van der Waals surface area contributed by atoms with E-state index in [0.29, 0.717) is 30.2 Å². The topological polar surface area (TPSA) is 70.3 Å². The molecule has 0 fully saturated rings. The molecule has 0 saturated carbocycles. The van der Waals surface area contributed by atoms with Crippen LogP contribution >= 0.6 is 0 Å². The van der Waals surface area contributed by atoms with E-state index in [9.17, 15) is 0 Å². The molecule has 0 saturated heterocycles.